The molecule has 0 atom stereocenters. The van der Waals surface area contributed by atoms with Crippen molar-refractivity contribution in [2.45, 2.75) is 19.8 Å². The lowest BCUT2D eigenvalue weighted by molar-refractivity contribution is -0.385. The first kappa shape index (κ1) is 16.9. The van der Waals surface area contributed by atoms with E-state index >= 15 is 0 Å². The Morgan fingerprint density at radius 3 is 2.71 bits per heavy atom. The monoisotopic (exact) mass is 314 g/mol. The first-order chi connectivity index (χ1) is 9.99. The van der Waals surface area contributed by atoms with Crippen molar-refractivity contribution in [3.05, 3.63) is 33.9 Å². The summed E-state index contributed by atoms with van der Waals surface area (Å²) in [4.78, 5) is 33.4. The molecular formula is C13H15ClN2O5. The lowest BCUT2D eigenvalue weighted by Gasteiger charge is -2.07. The molecule has 8 heteroatoms. The van der Waals surface area contributed by atoms with Gasteiger partial charge in [0.25, 0.3) is 5.91 Å². The van der Waals surface area contributed by atoms with Gasteiger partial charge in [-0.1, -0.05) is 0 Å². The van der Waals surface area contributed by atoms with Gasteiger partial charge < -0.3 is 10.1 Å². The highest BCUT2D eigenvalue weighted by atomic mass is 35.5. The van der Waals surface area contributed by atoms with Crippen molar-refractivity contribution in [3.8, 4) is 5.75 Å². The second-order valence-corrected chi connectivity index (χ2v) is 4.44. The van der Waals surface area contributed by atoms with Crippen molar-refractivity contribution in [1.29, 1.82) is 0 Å². The molecule has 0 aliphatic heterocycles. The van der Waals surface area contributed by atoms with E-state index in [9.17, 15) is 19.7 Å². The highest BCUT2D eigenvalue weighted by Crippen LogP contribution is 2.28. The van der Waals surface area contributed by atoms with E-state index in [1.807, 2.05) is 0 Å². The maximum atomic E-state index is 11.6. The third-order valence-corrected chi connectivity index (χ3v) is 2.76. The van der Waals surface area contributed by atoms with Gasteiger partial charge in [0, 0.05) is 30.5 Å². The fourth-order valence-electron chi connectivity index (χ4n) is 1.54. The van der Waals surface area contributed by atoms with Crippen molar-refractivity contribution in [2.75, 3.05) is 12.4 Å². The molecule has 1 aromatic rings. The van der Waals surface area contributed by atoms with Crippen LogP contribution in [0.5, 0.6) is 5.75 Å². The number of alkyl halides is 1. The molecule has 0 saturated heterocycles. The Kier molecular flexibility index (Phi) is 6.61. The van der Waals surface area contributed by atoms with E-state index in [0.717, 1.165) is 6.07 Å². The standard InChI is InChI=1S/C13H15ClN2O5/c1-2-15-13(18)9-5-6-11(10(8-9)16(19)20)21-12(17)4-3-7-14/h5-6,8H,2-4,7H2,1H3,(H,15,18). The van der Waals surface area contributed by atoms with Gasteiger partial charge in [0.15, 0.2) is 0 Å². The summed E-state index contributed by atoms with van der Waals surface area (Å²) in [5, 5.41) is 13.5. The molecule has 1 N–H and O–H groups in total. The van der Waals surface area contributed by atoms with E-state index in [1.54, 1.807) is 6.92 Å². The van der Waals surface area contributed by atoms with Crippen LogP contribution < -0.4 is 10.1 Å². The molecule has 0 aromatic heterocycles. The highest BCUT2D eigenvalue weighted by molar-refractivity contribution is 6.17. The van der Waals surface area contributed by atoms with Crippen molar-refractivity contribution < 1.29 is 19.2 Å². The van der Waals surface area contributed by atoms with Gasteiger partial charge in [0.05, 0.1) is 4.92 Å². The molecule has 0 radical (unpaired) electrons. The molecule has 0 aliphatic carbocycles. The van der Waals surface area contributed by atoms with Crippen molar-refractivity contribution >= 4 is 29.2 Å². The summed E-state index contributed by atoms with van der Waals surface area (Å²) in [7, 11) is 0. The Balaban J connectivity index is 2.97. The molecular weight excluding hydrogens is 300 g/mol. The maximum absolute atomic E-state index is 11.6. The van der Waals surface area contributed by atoms with E-state index in [-0.39, 0.29) is 17.7 Å². The summed E-state index contributed by atoms with van der Waals surface area (Å²) in [6, 6.07) is 3.68. The predicted octanol–water partition coefficient (Wildman–Crippen LogP) is 2.27. The average molecular weight is 315 g/mol. The summed E-state index contributed by atoms with van der Waals surface area (Å²) >= 11 is 5.46. The predicted molar refractivity (Wildman–Crippen MR) is 76.7 cm³/mol. The Labute approximate surface area is 126 Å². The fraction of sp³-hybridized carbons (Fsp3) is 0.385. The van der Waals surface area contributed by atoms with Crippen LogP contribution in [0.15, 0.2) is 18.2 Å². The van der Waals surface area contributed by atoms with Crippen molar-refractivity contribution in [3.63, 3.8) is 0 Å². The largest absolute Gasteiger partial charge is 0.419 e. The topological polar surface area (TPSA) is 98.5 Å². The van der Waals surface area contributed by atoms with Crippen LogP contribution in [-0.2, 0) is 4.79 Å². The Bertz CT molecular complexity index is 547. The average Bonchev–Trinajstić information content (AvgIpc) is 2.45. The third-order valence-electron chi connectivity index (χ3n) is 2.49. The zero-order valence-electron chi connectivity index (χ0n) is 11.4. The molecule has 1 aromatic carbocycles. The molecule has 114 valence electrons. The number of benzene rings is 1. The van der Waals surface area contributed by atoms with E-state index in [2.05, 4.69) is 5.32 Å². The number of nitrogens with zero attached hydrogens (tertiary/aromatic N) is 1. The summed E-state index contributed by atoms with van der Waals surface area (Å²) in [6.45, 7) is 2.14. The van der Waals surface area contributed by atoms with Gasteiger partial charge in [-0.05, 0) is 25.5 Å². The number of hydrogen-bond donors (Lipinski definition) is 1. The molecule has 1 amide bonds. The molecule has 0 aliphatic rings. The first-order valence-corrected chi connectivity index (χ1v) is 6.86. The van der Waals surface area contributed by atoms with E-state index in [4.69, 9.17) is 16.3 Å². The number of nitro benzene ring substituents is 1. The number of nitro groups is 1. The van der Waals surface area contributed by atoms with Crippen LogP contribution in [0.25, 0.3) is 0 Å². The number of hydrogen-bond acceptors (Lipinski definition) is 5. The first-order valence-electron chi connectivity index (χ1n) is 6.32. The van der Waals surface area contributed by atoms with Crippen LogP contribution in [0.2, 0.25) is 0 Å². The van der Waals surface area contributed by atoms with Gasteiger partial charge in [-0.15, -0.1) is 11.6 Å². The molecule has 0 heterocycles. The maximum Gasteiger partial charge on any atom is 0.312 e. The van der Waals surface area contributed by atoms with Crippen molar-refractivity contribution in [1.82, 2.24) is 5.32 Å². The number of esters is 1. The Hall–Kier alpha value is -2.15. The zero-order chi connectivity index (χ0) is 15.8. The van der Waals surface area contributed by atoms with E-state index in [1.165, 1.54) is 12.1 Å². The Morgan fingerprint density at radius 2 is 2.14 bits per heavy atom. The minimum atomic E-state index is -0.701. The van der Waals surface area contributed by atoms with Gasteiger partial charge in [-0.25, -0.2) is 0 Å². The van der Waals surface area contributed by atoms with Crippen LogP contribution in [0, 0.1) is 10.1 Å². The van der Waals surface area contributed by atoms with Gasteiger partial charge >= 0.3 is 11.7 Å². The number of nitrogens with one attached hydrogen (secondary N) is 1. The van der Waals surface area contributed by atoms with Gasteiger partial charge in [-0.3, -0.25) is 19.7 Å². The smallest absolute Gasteiger partial charge is 0.312 e. The molecule has 21 heavy (non-hydrogen) atoms. The second kappa shape index (κ2) is 8.21. The van der Waals surface area contributed by atoms with Crippen LogP contribution in [-0.4, -0.2) is 29.2 Å². The minimum absolute atomic E-state index is 0.0682. The van der Waals surface area contributed by atoms with Crippen LogP contribution in [0.1, 0.15) is 30.1 Å². The second-order valence-electron chi connectivity index (χ2n) is 4.07. The third kappa shape index (κ3) is 5.03. The number of carbonyl (C=O) groups is 2. The van der Waals surface area contributed by atoms with Crippen molar-refractivity contribution in [2.24, 2.45) is 0 Å². The summed E-state index contributed by atoms with van der Waals surface area (Å²) in [6.07, 6.45) is 0.490. The Morgan fingerprint density at radius 1 is 1.43 bits per heavy atom. The summed E-state index contributed by atoms with van der Waals surface area (Å²) in [5.41, 5.74) is -0.304. The number of rotatable bonds is 7. The fourth-order valence-corrected chi connectivity index (χ4v) is 1.67. The minimum Gasteiger partial charge on any atom is -0.419 e. The van der Waals surface area contributed by atoms with Crippen LogP contribution in [0.4, 0.5) is 5.69 Å². The highest BCUT2D eigenvalue weighted by Gasteiger charge is 2.20. The van der Waals surface area contributed by atoms with Gasteiger partial charge in [0.1, 0.15) is 0 Å². The van der Waals surface area contributed by atoms with Gasteiger partial charge in [0.2, 0.25) is 5.75 Å². The molecule has 7 nitrogen and oxygen atoms in total. The zero-order valence-corrected chi connectivity index (χ0v) is 12.2. The van der Waals surface area contributed by atoms with E-state index < -0.39 is 22.5 Å². The molecule has 0 fully saturated rings. The van der Waals surface area contributed by atoms with Crippen LogP contribution >= 0.6 is 11.6 Å². The lowest BCUT2D eigenvalue weighted by atomic mass is 10.1. The summed E-state index contributed by atoms with van der Waals surface area (Å²) < 4.78 is 4.93. The summed E-state index contributed by atoms with van der Waals surface area (Å²) in [5.74, 6) is -0.925. The van der Waals surface area contributed by atoms with E-state index in [0.29, 0.717) is 18.8 Å². The molecule has 0 bridgehead atoms. The number of carbonyl (C=O) groups excluding carboxylic acids is 2. The number of ether oxygens (including phenoxy) is 1. The molecule has 0 spiro atoms. The molecule has 0 unspecified atom stereocenters. The molecule has 1 rings (SSSR count). The number of amides is 1. The van der Waals surface area contributed by atoms with Gasteiger partial charge in [-0.2, -0.15) is 0 Å². The SMILES string of the molecule is CCNC(=O)c1ccc(OC(=O)CCCCl)c([N+](=O)[O-])c1. The van der Waals surface area contributed by atoms with Crippen LogP contribution in [0.3, 0.4) is 0 Å². The quantitative estimate of drug-likeness (QED) is 0.274. The lowest BCUT2D eigenvalue weighted by Crippen LogP contribution is -2.22. The normalized spacial score (nSPS) is 10.0. The molecule has 0 saturated carbocycles. The number of halogens is 1.